The molecule has 1 amide bonds. The van der Waals surface area contributed by atoms with Gasteiger partial charge in [-0.1, -0.05) is 24.3 Å². The topological polar surface area (TPSA) is 65.1 Å². The number of hydrogen-bond donors (Lipinski definition) is 0. The highest BCUT2D eigenvalue weighted by molar-refractivity contribution is 5.80. The van der Waals surface area contributed by atoms with Crippen molar-refractivity contribution in [1.82, 2.24) is 4.90 Å². The summed E-state index contributed by atoms with van der Waals surface area (Å²) in [6.45, 7) is 3.75. The highest BCUT2D eigenvalue weighted by Crippen LogP contribution is 2.19. The van der Waals surface area contributed by atoms with Crippen molar-refractivity contribution in [3.63, 3.8) is 0 Å². The van der Waals surface area contributed by atoms with Crippen LogP contribution in [0.1, 0.15) is 16.7 Å². The number of ether oxygens (including phenoxy) is 3. The summed E-state index contributed by atoms with van der Waals surface area (Å²) in [7, 11) is 3.23. The standard InChI is InChI=1S/C21H25NO5/c1-15-9-10-18(11-16(15)2)26-14-21(24)27-13-20(23)22(3)12-17-7-5-6-8-19(17)25-4/h5-11H,12-14H2,1-4H3. The lowest BCUT2D eigenvalue weighted by atomic mass is 10.1. The lowest BCUT2D eigenvalue weighted by Crippen LogP contribution is -2.31. The average Bonchev–Trinajstić information content (AvgIpc) is 2.67. The Morgan fingerprint density at radius 2 is 1.74 bits per heavy atom. The second kappa shape index (κ2) is 9.62. The zero-order valence-corrected chi connectivity index (χ0v) is 16.2. The summed E-state index contributed by atoms with van der Waals surface area (Å²) >= 11 is 0. The van der Waals surface area contributed by atoms with E-state index in [0.717, 1.165) is 16.7 Å². The van der Waals surface area contributed by atoms with Crippen LogP contribution in [0.25, 0.3) is 0 Å². The fourth-order valence-electron chi connectivity index (χ4n) is 2.42. The Balaban J connectivity index is 1.78. The first-order valence-electron chi connectivity index (χ1n) is 8.62. The minimum Gasteiger partial charge on any atom is -0.496 e. The first-order valence-corrected chi connectivity index (χ1v) is 8.62. The third kappa shape index (κ3) is 6.02. The molecule has 0 spiro atoms. The molecule has 0 N–H and O–H groups in total. The summed E-state index contributed by atoms with van der Waals surface area (Å²) in [5.41, 5.74) is 3.10. The van der Waals surface area contributed by atoms with E-state index in [9.17, 15) is 9.59 Å². The Morgan fingerprint density at radius 1 is 1.00 bits per heavy atom. The monoisotopic (exact) mass is 371 g/mol. The number of nitrogens with zero attached hydrogens (tertiary/aromatic N) is 1. The summed E-state index contributed by atoms with van der Waals surface area (Å²) in [5, 5.41) is 0. The van der Waals surface area contributed by atoms with Crippen LogP contribution in [0.3, 0.4) is 0 Å². The number of esters is 1. The maximum atomic E-state index is 12.2. The van der Waals surface area contributed by atoms with Crippen LogP contribution >= 0.6 is 0 Å². The van der Waals surface area contributed by atoms with Crippen LogP contribution in [-0.4, -0.2) is 44.1 Å². The summed E-state index contributed by atoms with van der Waals surface area (Å²) in [6, 6.07) is 13.0. The molecule has 6 nitrogen and oxygen atoms in total. The van der Waals surface area contributed by atoms with Crippen LogP contribution in [0.15, 0.2) is 42.5 Å². The fraction of sp³-hybridized carbons (Fsp3) is 0.333. The van der Waals surface area contributed by atoms with Crippen molar-refractivity contribution in [3.05, 3.63) is 59.2 Å². The molecule has 144 valence electrons. The molecule has 0 saturated carbocycles. The number of amides is 1. The molecule has 0 aliphatic heterocycles. The maximum absolute atomic E-state index is 12.2. The molecule has 27 heavy (non-hydrogen) atoms. The van der Waals surface area contributed by atoms with Gasteiger partial charge in [-0.05, 0) is 43.2 Å². The van der Waals surface area contributed by atoms with E-state index >= 15 is 0 Å². The van der Waals surface area contributed by atoms with Crippen molar-refractivity contribution < 1.29 is 23.8 Å². The smallest absolute Gasteiger partial charge is 0.344 e. The van der Waals surface area contributed by atoms with Crippen LogP contribution in [0.5, 0.6) is 11.5 Å². The quantitative estimate of drug-likeness (QED) is 0.668. The van der Waals surface area contributed by atoms with Gasteiger partial charge in [0.2, 0.25) is 0 Å². The normalized spacial score (nSPS) is 10.2. The molecule has 2 aromatic carbocycles. The number of benzene rings is 2. The van der Waals surface area contributed by atoms with E-state index in [4.69, 9.17) is 14.2 Å². The van der Waals surface area contributed by atoms with Crippen molar-refractivity contribution in [3.8, 4) is 11.5 Å². The minimum atomic E-state index is -0.590. The third-order valence-corrected chi connectivity index (χ3v) is 4.22. The van der Waals surface area contributed by atoms with E-state index < -0.39 is 5.97 Å². The van der Waals surface area contributed by atoms with Crippen LogP contribution in [0.4, 0.5) is 0 Å². The van der Waals surface area contributed by atoms with Gasteiger partial charge in [-0.2, -0.15) is 0 Å². The molecule has 0 radical (unpaired) electrons. The third-order valence-electron chi connectivity index (χ3n) is 4.22. The van der Waals surface area contributed by atoms with Crippen molar-refractivity contribution in [2.24, 2.45) is 0 Å². The number of methoxy groups -OCH3 is 1. The van der Waals surface area contributed by atoms with Crippen molar-refractivity contribution >= 4 is 11.9 Å². The number of carbonyl (C=O) groups is 2. The molecular formula is C21H25NO5. The summed E-state index contributed by atoms with van der Waals surface area (Å²) in [4.78, 5) is 25.5. The molecule has 0 saturated heterocycles. The molecule has 0 unspecified atom stereocenters. The summed E-state index contributed by atoms with van der Waals surface area (Å²) in [5.74, 6) is 0.401. The fourth-order valence-corrected chi connectivity index (χ4v) is 2.42. The molecule has 0 bridgehead atoms. The molecule has 2 aromatic rings. The van der Waals surface area contributed by atoms with E-state index in [-0.39, 0.29) is 19.1 Å². The van der Waals surface area contributed by atoms with Gasteiger partial charge >= 0.3 is 5.97 Å². The van der Waals surface area contributed by atoms with E-state index in [0.29, 0.717) is 18.0 Å². The van der Waals surface area contributed by atoms with Crippen LogP contribution in [0.2, 0.25) is 0 Å². The zero-order valence-electron chi connectivity index (χ0n) is 16.2. The molecule has 0 fully saturated rings. The van der Waals surface area contributed by atoms with Crippen LogP contribution in [-0.2, 0) is 20.9 Å². The second-order valence-electron chi connectivity index (χ2n) is 6.26. The predicted molar refractivity (Wildman–Crippen MR) is 102 cm³/mol. The number of hydrogen-bond acceptors (Lipinski definition) is 5. The molecule has 0 atom stereocenters. The average molecular weight is 371 g/mol. The number of carbonyl (C=O) groups excluding carboxylic acids is 2. The lowest BCUT2D eigenvalue weighted by Gasteiger charge is -2.18. The van der Waals surface area contributed by atoms with Gasteiger partial charge in [-0.15, -0.1) is 0 Å². The maximum Gasteiger partial charge on any atom is 0.344 e. The molecule has 0 heterocycles. The van der Waals surface area contributed by atoms with Gasteiger partial charge in [0, 0.05) is 19.2 Å². The van der Waals surface area contributed by atoms with E-state index in [1.165, 1.54) is 4.90 Å². The second-order valence-corrected chi connectivity index (χ2v) is 6.26. The molecule has 0 aromatic heterocycles. The van der Waals surface area contributed by atoms with Gasteiger partial charge in [0.05, 0.1) is 7.11 Å². The Hall–Kier alpha value is -3.02. The van der Waals surface area contributed by atoms with Gasteiger partial charge in [-0.3, -0.25) is 4.79 Å². The largest absolute Gasteiger partial charge is 0.496 e. The molecule has 2 rings (SSSR count). The van der Waals surface area contributed by atoms with Crippen molar-refractivity contribution in [2.75, 3.05) is 27.4 Å². The molecular weight excluding hydrogens is 346 g/mol. The first-order chi connectivity index (χ1) is 12.9. The summed E-state index contributed by atoms with van der Waals surface area (Å²) < 4.78 is 15.7. The van der Waals surface area contributed by atoms with Gasteiger partial charge in [-0.25, -0.2) is 4.79 Å². The highest BCUT2D eigenvalue weighted by Gasteiger charge is 2.14. The first kappa shape index (κ1) is 20.3. The Kier molecular flexibility index (Phi) is 7.23. The van der Waals surface area contributed by atoms with Crippen LogP contribution < -0.4 is 9.47 Å². The van der Waals surface area contributed by atoms with Crippen LogP contribution in [0, 0.1) is 13.8 Å². The van der Waals surface area contributed by atoms with E-state index in [2.05, 4.69) is 0 Å². The van der Waals surface area contributed by atoms with E-state index in [1.54, 1.807) is 20.2 Å². The SMILES string of the molecule is COc1ccccc1CN(C)C(=O)COC(=O)COc1ccc(C)c(C)c1. The number of para-hydroxylation sites is 1. The van der Waals surface area contributed by atoms with Gasteiger partial charge < -0.3 is 19.1 Å². The highest BCUT2D eigenvalue weighted by atomic mass is 16.6. The number of likely N-dealkylation sites (N-methyl/N-ethyl adjacent to an activating group) is 1. The Labute approximate surface area is 159 Å². The Bertz CT molecular complexity index is 803. The van der Waals surface area contributed by atoms with Gasteiger partial charge in [0.25, 0.3) is 5.91 Å². The molecule has 6 heteroatoms. The van der Waals surface area contributed by atoms with Crippen molar-refractivity contribution in [1.29, 1.82) is 0 Å². The Morgan fingerprint density at radius 3 is 2.44 bits per heavy atom. The number of rotatable bonds is 8. The number of aryl methyl sites for hydroxylation is 2. The van der Waals surface area contributed by atoms with E-state index in [1.807, 2.05) is 50.2 Å². The zero-order chi connectivity index (χ0) is 19.8. The molecule has 0 aliphatic rings. The van der Waals surface area contributed by atoms with Gasteiger partial charge in [0.15, 0.2) is 13.2 Å². The molecule has 0 aliphatic carbocycles. The lowest BCUT2D eigenvalue weighted by molar-refractivity contribution is -0.153. The van der Waals surface area contributed by atoms with Gasteiger partial charge in [0.1, 0.15) is 11.5 Å². The predicted octanol–water partition coefficient (Wildman–Crippen LogP) is 2.89. The minimum absolute atomic E-state index is 0.244. The summed E-state index contributed by atoms with van der Waals surface area (Å²) in [6.07, 6.45) is 0. The van der Waals surface area contributed by atoms with Crippen molar-refractivity contribution in [2.45, 2.75) is 20.4 Å².